The number of hydrogen-bond donors (Lipinski definition) is 1. The van der Waals surface area contributed by atoms with Gasteiger partial charge >= 0.3 is 0 Å². The molecule has 1 aromatic carbocycles. The van der Waals surface area contributed by atoms with Crippen LogP contribution in [0.4, 0.5) is 0 Å². The summed E-state index contributed by atoms with van der Waals surface area (Å²) in [5.74, 6) is 0. The fourth-order valence-electron chi connectivity index (χ4n) is 1.00. The lowest BCUT2D eigenvalue weighted by Crippen LogP contribution is -2.02. The highest BCUT2D eigenvalue weighted by atomic mass is 16.5. The number of aliphatic hydroxyl groups is 1. The van der Waals surface area contributed by atoms with E-state index in [0.29, 0.717) is 6.61 Å². The predicted octanol–water partition coefficient (Wildman–Crippen LogP) is 2.10. The lowest BCUT2D eigenvalue weighted by atomic mass is 10.1. The molecule has 1 N–H and O–H groups in total. The van der Waals surface area contributed by atoms with E-state index in [1.165, 1.54) is 0 Å². The summed E-state index contributed by atoms with van der Waals surface area (Å²) in [5.41, 5.74) is 2.08. The highest BCUT2D eigenvalue weighted by molar-refractivity contribution is 5.21. The lowest BCUT2D eigenvalue weighted by Gasteiger charge is -2.07. The van der Waals surface area contributed by atoms with E-state index in [9.17, 15) is 0 Å². The molecule has 0 unspecified atom stereocenters. The van der Waals surface area contributed by atoms with Gasteiger partial charge in [-0.3, -0.25) is 0 Å². The Labute approximate surface area is 79.2 Å². The Morgan fingerprint density at radius 1 is 1.15 bits per heavy atom. The minimum atomic E-state index is 0.102. The minimum absolute atomic E-state index is 0.102. The van der Waals surface area contributed by atoms with E-state index < -0.39 is 0 Å². The van der Waals surface area contributed by atoms with Crippen LogP contribution in [0.25, 0.3) is 0 Å². The molecule has 13 heavy (non-hydrogen) atoms. The monoisotopic (exact) mass is 180 g/mol. The van der Waals surface area contributed by atoms with Gasteiger partial charge in [0.25, 0.3) is 0 Å². The van der Waals surface area contributed by atoms with Gasteiger partial charge in [-0.15, -0.1) is 0 Å². The molecule has 2 heteroatoms. The molecule has 0 aromatic heterocycles. The summed E-state index contributed by atoms with van der Waals surface area (Å²) in [7, 11) is 0. The Morgan fingerprint density at radius 2 is 1.69 bits per heavy atom. The molecule has 2 nitrogen and oxygen atoms in total. The molecular formula is C11H16O2. The third-order valence-corrected chi connectivity index (χ3v) is 1.79. The van der Waals surface area contributed by atoms with Crippen molar-refractivity contribution in [3.05, 3.63) is 35.4 Å². The van der Waals surface area contributed by atoms with Crippen LogP contribution >= 0.6 is 0 Å². The first kappa shape index (κ1) is 10.2. The van der Waals surface area contributed by atoms with E-state index in [4.69, 9.17) is 9.84 Å². The molecule has 1 rings (SSSR count). The molecule has 0 bridgehead atoms. The van der Waals surface area contributed by atoms with Gasteiger partial charge in [-0.2, -0.15) is 0 Å². The molecule has 0 heterocycles. The summed E-state index contributed by atoms with van der Waals surface area (Å²) in [6.45, 7) is 4.78. The molecule has 0 aliphatic heterocycles. The van der Waals surface area contributed by atoms with Gasteiger partial charge in [0.2, 0.25) is 0 Å². The lowest BCUT2D eigenvalue weighted by molar-refractivity contribution is 0.0657. The standard InChI is InChI=1S/C11H16O2/c1-9(2)13-8-11-5-3-10(7-12)4-6-11/h3-6,9,12H,7-8H2,1-2H3. The van der Waals surface area contributed by atoms with Crippen molar-refractivity contribution < 1.29 is 9.84 Å². The molecule has 0 aliphatic carbocycles. The summed E-state index contributed by atoms with van der Waals surface area (Å²) in [6.07, 6.45) is 0.262. The predicted molar refractivity (Wildman–Crippen MR) is 52.3 cm³/mol. The molecule has 0 atom stereocenters. The summed E-state index contributed by atoms with van der Waals surface area (Å²) in [4.78, 5) is 0. The van der Waals surface area contributed by atoms with Crippen molar-refractivity contribution in [2.45, 2.75) is 33.2 Å². The van der Waals surface area contributed by atoms with Crippen molar-refractivity contribution in [1.29, 1.82) is 0 Å². The van der Waals surface area contributed by atoms with E-state index >= 15 is 0 Å². The van der Waals surface area contributed by atoms with Gasteiger partial charge in [-0.25, -0.2) is 0 Å². The largest absolute Gasteiger partial charge is 0.392 e. The van der Waals surface area contributed by atoms with E-state index in [2.05, 4.69) is 0 Å². The Balaban J connectivity index is 2.49. The zero-order valence-corrected chi connectivity index (χ0v) is 8.16. The van der Waals surface area contributed by atoms with Crippen LogP contribution in [-0.2, 0) is 18.0 Å². The Hall–Kier alpha value is -0.860. The number of ether oxygens (including phenoxy) is 1. The molecule has 0 radical (unpaired) electrons. The molecule has 0 saturated carbocycles. The Morgan fingerprint density at radius 3 is 2.15 bits per heavy atom. The second-order valence-corrected chi connectivity index (χ2v) is 3.33. The highest BCUT2D eigenvalue weighted by Crippen LogP contribution is 2.06. The molecule has 72 valence electrons. The van der Waals surface area contributed by atoms with Gasteiger partial charge in [0.15, 0.2) is 0 Å². The van der Waals surface area contributed by atoms with Gasteiger partial charge in [0.05, 0.1) is 19.3 Å². The van der Waals surface area contributed by atoms with Crippen molar-refractivity contribution in [3.8, 4) is 0 Å². The first-order valence-corrected chi connectivity index (χ1v) is 4.52. The van der Waals surface area contributed by atoms with E-state index in [0.717, 1.165) is 11.1 Å². The van der Waals surface area contributed by atoms with Crippen molar-refractivity contribution in [3.63, 3.8) is 0 Å². The molecule has 0 amide bonds. The van der Waals surface area contributed by atoms with E-state index in [1.54, 1.807) is 0 Å². The van der Waals surface area contributed by atoms with Crippen LogP contribution in [0.3, 0.4) is 0 Å². The topological polar surface area (TPSA) is 29.5 Å². The Bertz CT molecular complexity index is 239. The zero-order chi connectivity index (χ0) is 9.68. The van der Waals surface area contributed by atoms with Gasteiger partial charge in [0.1, 0.15) is 0 Å². The average molecular weight is 180 g/mol. The van der Waals surface area contributed by atoms with E-state index in [1.807, 2.05) is 38.1 Å². The number of benzene rings is 1. The maximum Gasteiger partial charge on any atom is 0.0720 e. The van der Waals surface area contributed by atoms with Gasteiger partial charge in [0, 0.05) is 0 Å². The highest BCUT2D eigenvalue weighted by Gasteiger charge is 1.96. The van der Waals surface area contributed by atoms with Crippen LogP contribution in [0.5, 0.6) is 0 Å². The second kappa shape index (κ2) is 5.00. The third kappa shape index (κ3) is 3.57. The van der Waals surface area contributed by atoms with Gasteiger partial charge < -0.3 is 9.84 Å². The fraction of sp³-hybridized carbons (Fsp3) is 0.455. The van der Waals surface area contributed by atoms with Gasteiger partial charge in [-0.1, -0.05) is 24.3 Å². The molecule has 0 aliphatic rings. The maximum absolute atomic E-state index is 8.82. The van der Waals surface area contributed by atoms with Crippen molar-refractivity contribution in [1.82, 2.24) is 0 Å². The smallest absolute Gasteiger partial charge is 0.0720 e. The van der Waals surface area contributed by atoms with Crippen molar-refractivity contribution >= 4 is 0 Å². The SMILES string of the molecule is CC(C)OCc1ccc(CO)cc1. The summed E-state index contributed by atoms with van der Waals surface area (Å²) in [6, 6.07) is 7.79. The fourth-order valence-corrected chi connectivity index (χ4v) is 1.00. The zero-order valence-electron chi connectivity index (χ0n) is 8.16. The molecule has 0 saturated heterocycles. The van der Waals surface area contributed by atoms with Crippen LogP contribution in [0, 0.1) is 0 Å². The maximum atomic E-state index is 8.82. The normalized spacial score (nSPS) is 10.8. The molecule has 0 spiro atoms. The first-order chi connectivity index (χ1) is 6.22. The third-order valence-electron chi connectivity index (χ3n) is 1.79. The summed E-state index contributed by atoms with van der Waals surface area (Å²) >= 11 is 0. The van der Waals surface area contributed by atoms with Crippen molar-refractivity contribution in [2.24, 2.45) is 0 Å². The molecule has 1 aromatic rings. The van der Waals surface area contributed by atoms with Crippen LogP contribution in [-0.4, -0.2) is 11.2 Å². The van der Waals surface area contributed by atoms with Crippen LogP contribution in [0.1, 0.15) is 25.0 Å². The summed E-state index contributed by atoms with van der Waals surface area (Å²) < 4.78 is 5.44. The van der Waals surface area contributed by atoms with E-state index in [-0.39, 0.29) is 12.7 Å². The summed E-state index contributed by atoms with van der Waals surface area (Å²) in [5, 5.41) is 8.82. The quantitative estimate of drug-likeness (QED) is 0.769. The van der Waals surface area contributed by atoms with Crippen LogP contribution < -0.4 is 0 Å². The number of hydrogen-bond acceptors (Lipinski definition) is 2. The minimum Gasteiger partial charge on any atom is -0.392 e. The number of aliphatic hydroxyl groups excluding tert-OH is 1. The second-order valence-electron chi connectivity index (χ2n) is 3.33. The Kier molecular flexibility index (Phi) is 3.93. The van der Waals surface area contributed by atoms with Crippen LogP contribution in [0.15, 0.2) is 24.3 Å². The average Bonchev–Trinajstić information content (AvgIpc) is 2.15. The molecule has 0 fully saturated rings. The molecular weight excluding hydrogens is 164 g/mol. The van der Waals surface area contributed by atoms with Crippen molar-refractivity contribution in [2.75, 3.05) is 0 Å². The number of rotatable bonds is 4. The first-order valence-electron chi connectivity index (χ1n) is 4.52. The van der Waals surface area contributed by atoms with Crippen LogP contribution in [0.2, 0.25) is 0 Å². The van der Waals surface area contributed by atoms with Gasteiger partial charge in [-0.05, 0) is 25.0 Å².